The first-order chi connectivity index (χ1) is 8.33. The first kappa shape index (κ1) is 11.9. The van der Waals surface area contributed by atoms with Gasteiger partial charge in [-0.1, -0.05) is 12.1 Å². The first-order valence-electron chi connectivity index (χ1n) is 5.93. The molecule has 0 spiro atoms. The van der Waals surface area contributed by atoms with Gasteiger partial charge in [-0.05, 0) is 25.6 Å². The Balaban J connectivity index is 2.05. The number of hydrogen-bond acceptors (Lipinski definition) is 4. The molecule has 0 saturated heterocycles. The second-order valence-electron chi connectivity index (χ2n) is 4.01. The van der Waals surface area contributed by atoms with Crippen LogP contribution in [-0.4, -0.2) is 21.8 Å². The highest BCUT2D eigenvalue weighted by atomic mass is 16.5. The van der Waals surface area contributed by atoms with Crippen LogP contribution >= 0.6 is 0 Å². The lowest BCUT2D eigenvalue weighted by atomic mass is 10.3. The molecule has 0 saturated carbocycles. The summed E-state index contributed by atoms with van der Waals surface area (Å²) < 4.78 is 7.33. The molecule has 2 heterocycles. The minimum atomic E-state index is 0.640. The SMILES string of the molecule is CCCc1noc(Cn2cccc2CNC)n1. The molecule has 0 radical (unpaired) electrons. The third-order valence-electron chi connectivity index (χ3n) is 2.57. The number of nitrogens with zero attached hydrogens (tertiary/aromatic N) is 3. The van der Waals surface area contributed by atoms with E-state index < -0.39 is 0 Å². The zero-order valence-electron chi connectivity index (χ0n) is 10.3. The Hall–Kier alpha value is -1.62. The van der Waals surface area contributed by atoms with Crippen molar-refractivity contribution in [2.24, 2.45) is 0 Å². The van der Waals surface area contributed by atoms with Crippen LogP contribution in [0.15, 0.2) is 22.9 Å². The molecule has 92 valence electrons. The lowest BCUT2D eigenvalue weighted by Crippen LogP contribution is -2.11. The fraction of sp³-hybridized carbons (Fsp3) is 0.500. The molecule has 0 amide bonds. The largest absolute Gasteiger partial charge is 0.341 e. The second kappa shape index (κ2) is 5.63. The van der Waals surface area contributed by atoms with Crippen molar-refractivity contribution in [2.75, 3.05) is 7.05 Å². The molecule has 0 aliphatic carbocycles. The van der Waals surface area contributed by atoms with Gasteiger partial charge in [0.05, 0.1) is 0 Å². The van der Waals surface area contributed by atoms with E-state index in [-0.39, 0.29) is 0 Å². The van der Waals surface area contributed by atoms with Gasteiger partial charge in [-0.3, -0.25) is 0 Å². The number of aryl methyl sites for hydroxylation is 1. The molecule has 0 aliphatic heterocycles. The predicted molar refractivity (Wildman–Crippen MR) is 64.6 cm³/mol. The second-order valence-corrected chi connectivity index (χ2v) is 4.01. The summed E-state index contributed by atoms with van der Waals surface area (Å²) in [7, 11) is 1.93. The summed E-state index contributed by atoms with van der Waals surface area (Å²) in [4.78, 5) is 4.36. The monoisotopic (exact) mass is 234 g/mol. The molecule has 5 nitrogen and oxygen atoms in total. The van der Waals surface area contributed by atoms with Crippen LogP contribution in [0.25, 0.3) is 0 Å². The van der Waals surface area contributed by atoms with Gasteiger partial charge in [-0.2, -0.15) is 4.98 Å². The highest BCUT2D eigenvalue weighted by Gasteiger charge is 2.07. The zero-order chi connectivity index (χ0) is 12.1. The first-order valence-corrected chi connectivity index (χ1v) is 5.93. The number of hydrogen-bond donors (Lipinski definition) is 1. The maximum atomic E-state index is 5.22. The smallest absolute Gasteiger partial charge is 0.246 e. The maximum Gasteiger partial charge on any atom is 0.246 e. The van der Waals surface area contributed by atoms with Crippen molar-refractivity contribution in [3.63, 3.8) is 0 Å². The Morgan fingerprint density at radius 2 is 2.35 bits per heavy atom. The van der Waals surface area contributed by atoms with Gasteiger partial charge in [-0.25, -0.2) is 0 Å². The average molecular weight is 234 g/mol. The van der Waals surface area contributed by atoms with Gasteiger partial charge in [0.2, 0.25) is 5.89 Å². The molecular formula is C12H18N4O. The van der Waals surface area contributed by atoms with Crippen LogP contribution in [0.2, 0.25) is 0 Å². The van der Waals surface area contributed by atoms with E-state index in [2.05, 4.69) is 33.0 Å². The summed E-state index contributed by atoms with van der Waals surface area (Å²) in [6.07, 6.45) is 3.93. The minimum Gasteiger partial charge on any atom is -0.341 e. The Morgan fingerprint density at radius 1 is 1.47 bits per heavy atom. The standard InChI is InChI=1S/C12H18N4O/c1-3-5-11-14-12(17-15-11)9-16-7-4-6-10(16)8-13-2/h4,6-7,13H,3,5,8-9H2,1-2H3. The van der Waals surface area contributed by atoms with E-state index in [1.807, 2.05) is 19.3 Å². The van der Waals surface area contributed by atoms with E-state index in [4.69, 9.17) is 4.52 Å². The maximum absolute atomic E-state index is 5.22. The number of rotatable bonds is 6. The molecule has 0 fully saturated rings. The summed E-state index contributed by atoms with van der Waals surface area (Å²) in [6.45, 7) is 3.58. The normalized spacial score (nSPS) is 10.9. The van der Waals surface area contributed by atoms with E-state index in [1.165, 1.54) is 5.69 Å². The molecule has 0 aliphatic rings. The zero-order valence-corrected chi connectivity index (χ0v) is 10.3. The Bertz CT molecular complexity index is 461. The molecule has 0 bridgehead atoms. The molecule has 5 heteroatoms. The molecule has 0 unspecified atom stereocenters. The molecule has 2 aromatic heterocycles. The number of aromatic nitrogens is 3. The summed E-state index contributed by atoms with van der Waals surface area (Å²) in [5, 5.41) is 7.08. The Labute approximate surface area is 101 Å². The lowest BCUT2D eigenvalue weighted by Gasteiger charge is -2.05. The van der Waals surface area contributed by atoms with Crippen LogP contribution in [0.1, 0.15) is 30.8 Å². The van der Waals surface area contributed by atoms with E-state index >= 15 is 0 Å². The van der Waals surface area contributed by atoms with Crippen molar-refractivity contribution < 1.29 is 4.52 Å². The third kappa shape index (κ3) is 2.94. The van der Waals surface area contributed by atoms with Crippen LogP contribution in [0.3, 0.4) is 0 Å². The Morgan fingerprint density at radius 3 is 3.12 bits per heavy atom. The molecule has 17 heavy (non-hydrogen) atoms. The Kier molecular flexibility index (Phi) is 3.93. The summed E-state index contributed by atoms with van der Waals surface area (Å²) in [6, 6.07) is 4.11. The van der Waals surface area contributed by atoms with E-state index in [0.717, 1.165) is 25.2 Å². The van der Waals surface area contributed by atoms with Crippen molar-refractivity contribution in [3.8, 4) is 0 Å². The molecule has 2 aromatic rings. The summed E-state index contributed by atoms with van der Waals surface area (Å²) in [5.74, 6) is 1.46. The van der Waals surface area contributed by atoms with Crippen molar-refractivity contribution in [1.29, 1.82) is 0 Å². The van der Waals surface area contributed by atoms with Gasteiger partial charge < -0.3 is 14.4 Å². The van der Waals surface area contributed by atoms with Gasteiger partial charge >= 0.3 is 0 Å². The van der Waals surface area contributed by atoms with Crippen molar-refractivity contribution in [1.82, 2.24) is 20.0 Å². The molecule has 2 rings (SSSR count). The van der Waals surface area contributed by atoms with Crippen LogP contribution in [0.4, 0.5) is 0 Å². The van der Waals surface area contributed by atoms with Crippen LogP contribution in [-0.2, 0) is 19.5 Å². The number of nitrogens with one attached hydrogen (secondary N) is 1. The molecule has 1 N–H and O–H groups in total. The molecular weight excluding hydrogens is 216 g/mol. The van der Waals surface area contributed by atoms with Crippen molar-refractivity contribution >= 4 is 0 Å². The topological polar surface area (TPSA) is 55.9 Å². The van der Waals surface area contributed by atoms with Gasteiger partial charge in [0, 0.05) is 24.9 Å². The van der Waals surface area contributed by atoms with Gasteiger partial charge in [0.1, 0.15) is 6.54 Å². The fourth-order valence-electron chi connectivity index (χ4n) is 1.77. The van der Waals surface area contributed by atoms with Gasteiger partial charge in [0.25, 0.3) is 0 Å². The van der Waals surface area contributed by atoms with Crippen molar-refractivity contribution in [3.05, 3.63) is 35.7 Å². The highest BCUT2D eigenvalue weighted by molar-refractivity contribution is 5.08. The van der Waals surface area contributed by atoms with Gasteiger partial charge in [0.15, 0.2) is 5.82 Å². The average Bonchev–Trinajstić information content (AvgIpc) is 2.91. The summed E-state index contributed by atoms with van der Waals surface area (Å²) >= 11 is 0. The summed E-state index contributed by atoms with van der Waals surface area (Å²) in [5.41, 5.74) is 1.21. The highest BCUT2D eigenvalue weighted by Crippen LogP contribution is 2.07. The minimum absolute atomic E-state index is 0.640. The quantitative estimate of drug-likeness (QED) is 0.824. The van der Waals surface area contributed by atoms with Crippen LogP contribution in [0, 0.1) is 0 Å². The van der Waals surface area contributed by atoms with E-state index in [9.17, 15) is 0 Å². The third-order valence-corrected chi connectivity index (χ3v) is 2.57. The molecule has 0 aromatic carbocycles. The lowest BCUT2D eigenvalue weighted by molar-refractivity contribution is 0.364. The van der Waals surface area contributed by atoms with Crippen LogP contribution < -0.4 is 5.32 Å². The molecule has 0 atom stereocenters. The predicted octanol–water partition coefficient (Wildman–Crippen LogP) is 1.59. The van der Waals surface area contributed by atoms with Crippen molar-refractivity contribution in [2.45, 2.75) is 32.9 Å². The van der Waals surface area contributed by atoms with E-state index in [0.29, 0.717) is 12.4 Å². The van der Waals surface area contributed by atoms with Crippen LogP contribution in [0.5, 0.6) is 0 Å². The fourth-order valence-corrected chi connectivity index (χ4v) is 1.77. The van der Waals surface area contributed by atoms with E-state index in [1.54, 1.807) is 0 Å². The van der Waals surface area contributed by atoms with Gasteiger partial charge in [-0.15, -0.1) is 0 Å².